The molecule has 0 fully saturated rings. The molecule has 0 saturated heterocycles. The number of benzene rings is 2. The lowest BCUT2D eigenvalue weighted by molar-refractivity contribution is -0.121. The molecule has 134 valence electrons. The van der Waals surface area contributed by atoms with Gasteiger partial charge in [-0.25, -0.2) is 17.1 Å². The van der Waals surface area contributed by atoms with Gasteiger partial charge in [-0.1, -0.05) is 30.3 Å². The summed E-state index contributed by atoms with van der Waals surface area (Å²) in [7, 11) is -0.637. The molecule has 1 amide bonds. The Morgan fingerprint density at radius 2 is 1.72 bits per heavy atom. The number of hydrogen-bond donors (Lipinski definition) is 1. The van der Waals surface area contributed by atoms with Gasteiger partial charge >= 0.3 is 0 Å². The third-order valence-electron chi connectivity index (χ3n) is 3.76. The zero-order valence-corrected chi connectivity index (χ0v) is 15.0. The summed E-state index contributed by atoms with van der Waals surface area (Å²) in [5.74, 6) is -0.506. The Morgan fingerprint density at radius 3 is 2.36 bits per heavy atom. The molecule has 0 aromatic heterocycles. The molecule has 0 spiro atoms. The van der Waals surface area contributed by atoms with Crippen molar-refractivity contribution in [2.24, 2.45) is 0 Å². The van der Waals surface area contributed by atoms with Crippen LogP contribution >= 0.6 is 0 Å². The van der Waals surface area contributed by atoms with Crippen LogP contribution in [0.4, 0.5) is 4.39 Å². The lowest BCUT2D eigenvalue weighted by Gasteiger charge is -2.15. The van der Waals surface area contributed by atoms with Crippen molar-refractivity contribution in [1.82, 2.24) is 9.62 Å². The Kier molecular flexibility index (Phi) is 6.27. The molecule has 0 radical (unpaired) electrons. The van der Waals surface area contributed by atoms with Gasteiger partial charge in [-0.05, 0) is 35.7 Å². The highest BCUT2D eigenvalue weighted by atomic mass is 32.2. The Labute approximate surface area is 147 Å². The van der Waals surface area contributed by atoms with E-state index >= 15 is 0 Å². The average Bonchev–Trinajstić information content (AvgIpc) is 2.59. The van der Waals surface area contributed by atoms with Gasteiger partial charge in [-0.15, -0.1) is 0 Å². The lowest BCUT2D eigenvalue weighted by atomic mass is 10.1. The second kappa shape index (κ2) is 8.22. The molecule has 25 heavy (non-hydrogen) atoms. The Balaban J connectivity index is 1.97. The SMILES string of the molecule is CN(C)S(=O)(=O)c1ccccc1CNC(=O)CCc1ccc(F)cc1. The van der Waals surface area contributed by atoms with Crippen LogP contribution in [0.3, 0.4) is 0 Å². The molecule has 5 nitrogen and oxygen atoms in total. The predicted molar refractivity (Wildman–Crippen MR) is 93.9 cm³/mol. The summed E-state index contributed by atoms with van der Waals surface area (Å²) in [4.78, 5) is 12.2. The highest BCUT2D eigenvalue weighted by molar-refractivity contribution is 7.89. The molecular weight excluding hydrogens is 343 g/mol. The van der Waals surface area contributed by atoms with Crippen LogP contribution < -0.4 is 5.32 Å². The van der Waals surface area contributed by atoms with E-state index in [4.69, 9.17) is 0 Å². The Morgan fingerprint density at radius 1 is 1.08 bits per heavy atom. The number of halogens is 1. The second-order valence-electron chi connectivity index (χ2n) is 5.80. The van der Waals surface area contributed by atoms with Crippen LogP contribution in [0, 0.1) is 5.82 Å². The van der Waals surface area contributed by atoms with Gasteiger partial charge < -0.3 is 5.32 Å². The summed E-state index contributed by atoms with van der Waals surface area (Å²) < 4.78 is 38.6. The van der Waals surface area contributed by atoms with Gasteiger partial charge in [0, 0.05) is 27.1 Å². The maximum atomic E-state index is 12.9. The zero-order valence-electron chi connectivity index (χ0n) is 14.2. The normalized spacial score (nSPS) is 11.5. The van der Waals surface area contributed by atoms with Crippen molar-refractivity contribution in [3.8, 4) is 0 Å². The van der Waals surface area contributed by atoms with Crippen LogP contribution in [0.15, 0.2) is 53.4 Å². The van der Waals surface area contributed by atoms with E-state index in [9.17, 15) is 17.6 Å². The standard InChI is InChI=1S/C18H21FN2O3S/c1-21(2)25(23,24)17-6-4-3-5-15(17)13-20-18(22)12-9-14-7-10-16(19)11-8-14/h3-8,10-11H,9,12-13H2,1-2H3,(H,20,22). The molecule has 0 aliphatic rings. The lowest BCUT2D eigenvalue weighted by Crippen LogP contribution is -2.27. The van der Waals surface area contributed by atoms with Crippen LogP contribution in [-0.2, 0) is 27.8 Å². The fraction of sp³-hybridized carbons (Fsp3) is 0.278. The van der Waals surface area contributed by atoms with Crippen molar-refractivity contribution in [2.45, 2.75) is 24.3 Å². The molecule has 0 atom stereocenters. The van der Waals surface area contributed by atoms with E-state index < -0.39 is 10.0 Å². The average molecular weight is 364 g/mol. The molecule has 0 saturated carbocycles. The van der Waals surface area contributed by atoms with E-state index in [-0.39, 0.29) is 29.6 Å². The second-order valence-corrected chi connectivity index (χ2v) is 7.92. The number of carbonyl (C=O) groups excluding carboxylic acids is 1. The maximum absolute atomic E-state index is 12.9. The molecule has 0 heterocycles. The van der Waals surface area contributed by atoms with Crippen molar-refractivity contribution in [1.29, 1.82) is 0 Å². The highest BCUT2D eigenvalue weighted by Gasteiger charge is 2.20. The summed E-state index contributed by atoms with van der Waals surface area (Å²) >= 11 is 0. The quantitative estimate of drug-likeness (QED) is 0.820. The van der Waals surface area contributed by atoms with Gasteiger partial charge in [-0.3, -0.25) is 4.79 Å². The van der Waals surface area contributed by atoms with Crippen molar-refractivity contribution < 1.29 is 17.6 Å². The van der Waals surface area contributed by atoms with E-state index in [1.165, 1.54) is 32.3 Å². The summed E-state index contributed by atoms with van der Waals surface area (Å²) in [6, 6.07) is 12.6. The molecule has 2 aromatic carbocycles. The van der Waals surface area contributed by atoms with Crippen molar-refractivity contribution >= 4 is 15.9 Å². The molecule has 0 aliphatic carbocycles. The van der Waals surface area contributed by atoms with E-state index in [2.05, 4.69) is 5.32 Å². The smallest absolute Gasteiger partial charge is 0.242 e. The molecule has 0 aliphatic heterocycles. The number of rotatable bonds is 7. The van der Waals surface area contributed by atoms with Crippen LogP contribution in [-0.4, -0.2) is 32.7 Å². The van der Waals surface area contributed by atoms with Crippen LogP contribution in [0.2, 0.25) is 0 Å². The predicted octanol–water partition coefficient (Wildman–Crippen LogP) is 2.33. The van der Waals surface area contributed by atoms with Gasteiger partial charge in [0.2, 0.25) is 15.9 Å². The topological polar surface area (TPSA) is 66.5 Å². The molecule has 0 bridgehead atoms. The van der Waals surface area contributed by atoms with Crippen molar-refractivity contribution in [3.63, 3.8) is 0 Å². The fourth-order valence-electron chi connectivity index (χ4n) is 2.29. The first-order valence-corrected chi connectivity index (χ1v) is 9.26. The molecular formula is C18H21FN2O3S. The summed E-state index contributed by atoms with van der Waals surface area (Å²) in [6.45, 7) is 0.130. The number of nitrogens with zero attached hydrogens (tertiary/aromatic N) is 1. The largest absolute Gasteiger partial charge is 0.352 e. The van der Waals surface area contributed by atoms with Crippen molar-refractivity contribution in [3.05, 3.63) is 65.5 Å². The van der Waals surface area contributed by atoms with Gasteiger partial charge in [0.15, 0.2) is 0 Å². The van der Waals surface area contributed by atoms with Crippen LogP contribution in [0.5, 0.6) is 0 Å². The van der Waals surface area contributed by atoms with E-state index in [0.717, 1.165) is 9.87 Å². The third-order valence-corrected chi connectivity index (χ3v) is 5.68. The van der Waals surface area contributed by atoms with E-state index in [0.29, 0.717) is 12.0 Å². The monoisotopic (exact) mass is 364 g/mol. The van der Waals surface area contributed by atoms with E-state index in [1.54, 1.807) is 30.3 Å². The number of amides is 1. The van der Waals surface area contributed by atoms with Crippen LogP contribution in [0.25, 0.3) is 0 Å². The van der Waals surface area contributed by atoms with Gasteiger partial charge in [0.1, 0.15) is 5.82 Å². The fourth-order valence-corrected chi connectivity index (χ4v) is 3.40. The third kappa shape index (κ3) is 5.11. The van der Waals surface area contributed by atoms with Gasteiger partial charge in [-0.2, -0.15) is 0 Å². The number of carbonyl (C=O) groups is 1. The van der Waals surface area contributed by atoms with E-state index in [1.807, 2.05) is 0 Å². The first kappa shape index (κ1) is 19.1. The highest BCUT2D eigenvalue weighted by Crippen LogP contribution is 2.18. The van der Waals surface area contributed by atoms with Gasteiger partial charge in [0.25, 0.3) is 0 Å². The summed E-state index contributed by atoms with van der Waals surface area (Å²) in [5, 5.41) is 2.74. The first-order chi connectivity index (χ1) is 11.8. The molecule has 1 N–H and O–H groups in total. The molecule has 7 heteroatoms. The number of aryl methyl sites for hydroxylation is 1. The Hall–Kier alpha value is -2.25. The summed E-state index contributed by atoms with van der Waals surface area (Å²) in [5.41, 5.74) is 1.40. The minimum atomic E-state index is -3.57. The molecule has 2 aromatic rings. The summed E-state index contributed by atoms with van der Waals surface area (Å²) in [6.07, 6.45) is 0.734. The number of hydrogen-bond acceptors (Lipinski definition) is 3. The zero-order chi connectivity index (χ0) is 18.4. The van der Waals surface area contributed by atoms with Crippen molar-refractivity contribution in [2.75, 3.05) is 14.1 Å². The van der Waals surface area contributed by atoms with Crippen LogP contribution in [0.1, 0.15) is 17.5 Å². The minimum absolute atomic E-state index is 0.130. The van der Waals surface area contributed by atoms with Gasteiger partial charge in [0.05, 0.1) is 4.90 Å². The minimum Gasteiger partial charge on any atom is -0.352 e. The molecule has 0 unspecified atom stereocenters. The maximum Gasteiger partial charge on any atom is 0.242 e. The molecule has 2 rings (SSSR count). The Bertz CT molecular complexity index is 834. The first-order valence-electron chi connectivity index (χ1n) is 7.82. The number of sulfonamides is 1. The number of nitrogens with one attached hydrogen (secondary N) is 1.